The van der Waals surface area contributed by atoms with Gasteiger partial charge >= 0.3 is 0 Å². The van der Waals surface area contributed by atoms with Gasteiger partial charge in [-0.25, -0.2) is 4.98 Å². The molecule has 6 aromatic carbocycles. The second kappa shape index (κ2) is 8.92. The minimum absolute atomic E-state index is 0.919. The van der Waals surface area contributed by atoms with Crippen molar-refractivity contribution in [3.05, 3.63) is 152 Å². The van der Waals surface area contributed by atoms with Crippen LogP contribution in [0, 0.1) is 0 Å². The standard InChI is InChI=1S/C39H25N3/c1-3-11-26(12-4-1)27-19-24-37(40-25-27)42-34-18-10-8-16-32(34)39-30-20-22-35-38(29(30)21-23-36(39)42)31-15-7-9-17-33(31)41(35)28-13-5-2-6-14-28/h1-25H. The summed E-state index contributed by atoms with van der Waals surface area (Å²) in [6.45, 7) is 0. The van der Waals surface area contributed by atoms with Crippen molar-refractivity contribution in [1.29, 1.82) is 0 Å². The number of benzene rings is 6. The van der Waals surface area contributed by atoms with Gasteiger partial charge in [0.25, 0.3) is 0 Å². The molecule has 0 N–H and O–H groups in total. The first kappa shape index (κ1) is 23.1. The molecular formula is C39H25N3. The third-order valence-corrected chi connectivity index (χ3v) is 8.57. The smallest absolute Gasteiger partial charge is 0.137 e. The molecule has 0 atom stereocenters. The summed E-state index contributed by atoms with van der Waals surface area (Å²) in [5.74, 6) is 0.919. The third-order valence-electron chi connectivity index (χ3n) is 8.57. The zero-order valence-corrected chi connectivity index (χ0v) is 22.8. The molecule has 196 valence electrons. The topological polar surface area (TPSA) is 22.8 Å². The highest BCUT2D eigenvalue weighted by atomic mass is 15.1. The van der Waals surface area contributed by atoms with E-state index in [4.69, 9.17) is 4.98 Å². The zero-order valence-electron chi connectivity index (χ0n) is 22.8. The first-order valence-electron chi connectivity index (χ1n) is 14.3. The lowest BCUT2D eigenvalue weighted by Crippen LogP contribution is -1.97. The van der Waals surface area contributed by atoms with Gasteiger partial charge < -0.3 is 4.57 Å². The maximum absolute atomic E-state index is 4.97. The number of pyridine rings is 1. The van der Waals surface area contributed by atoms with E-state index in [1.165, 1.54) is 54.6 Å². The maximum atomic E-state index is 4.97. The fourth-order valence-corrected chi connectivity index (χ4v) is 6.76. The Morgan fingerprint density at radius 3 is 1.52 bits per heavy atom. The van der Waals surface area contributed by atoms with E-state index in [1.54, 1.807) is 0 Å². The molecule has 3 nitrogen and oxygen atoms in total. The number of nitrogens with zero attached hydrogens (tertiary/aromatic N) is 3. The number of rotatable bonds is 3. The summed E-state index contributed by atoms with van der Waals surface area (Å²) >= 11 is 0. The van der Waals surface area contributed by atoms with Gasteiger partial charge in [-0.1, -0.05) is 97.1 Å². The van der Waals surface area contributed by atoms with Crippen LogP contribution < -0.4 is 0 Å². The van der Waals surface area contributed by atoms with Gasteiger partial charge in [-0.05, 0) is 64.9 Å². The van der Waals surface area contributed by atoms with Gasteiger partial charge in [0.15, 0.2) is 0 Å². The summed E-state index contributed by atoms with van der Waals surface area (Å²) in [6, 6.07) is 52.0. The van der Waals surface area contributed by atoms with E-state index in [0.29, 0.717) is 0 Å². The molecule has 0 saturated heterocycles. The van der Waals surface area contributed by atoms with Gasteiger partial charge in [0, 0.05) is 39.0 Å². The molecule has 0 amide bonds. The van der Waals surface area contributed by atoms with Crippen molar-refractivity contribution in [2.75, 3.05) is 0 Å². The van der Waals surface area contributed by atoms with Gasteiger partial charge in [0.1, 0.15) is 5.82 Å². The van der Waals surface area contributed by atoms with Crippen molar-refractivity contribution in [1.82, 2.24) is 14.1 Å². The average Bonchev–Trinajstić information content (AvgIpc) is 3.59. The highest BCUT2D eigenvalue weighted by Gasteiger charge is 2.19. The van der Waals surface area contributed by atoms with Gasteiger partial charge in [-0.15, -0.1) is 0 Å². The van der Waals surface area contributed by atoms with Crippen LogP contribution >= 0.6 is 0 Å². The fraction of sp³-hybridized carbons (Fsp3) is 0. The van der Waals surface area contributed by atoms with E-state index in [9.17, 15) is 0 Å². The predicted octanol–water partition coefficient (Wildman–Crippen LogP) is 10.1. The molecule has 0 saturated carbocycles. The van der Waals surface area contributed by atoms with Crippen molar-refractivity contribution in [2.45, 2.75) is 0 Å². The predicted molar refractivity (Wildman–Crippen MR) is 176 cm³/mol. The number of hydrogen-bond acceptors (Lipinski definition) is 1. The van der Waals surface area contributed by atoms with Gasteiger partial charge in [0.05, 0.1) is 22.1 Å². The fourth-order valence-electron chi connectivity index (χ4n) is 6.76. The van der Waals surface area contributed by atoms with E-state index in [2.05, 4.69) is 149 Å². The molecule has 0 unspecified atom stereocenters. The van der Waals surface area contributed by atoms with E-state index in [0.717, 1.165) is 22.4 Å². The van der Waals surface area contributed by atoms with Crippen molar-refractivity contribution in [3.63, 3.8) is 0 Å². The SMILES string of the molecule is c1ccc(-c2ccc(-n3c4ccccc4c4c5ccc6c(c5ccc43)c3ccccc3n6-c3ccccc3)nc2)cc1. The third kappa shape index (κ3) is 3.25. The van der Waals surface area contributed by atoms with Crippen molar-refractivity contribution in [3.8, 4) is 22.6 Å². The maximum Gasteiger partial charge on any atom is 0.137 e. The van der Waals surface area contributed by atoms with E-state index in [-0.39, 0.29) is 0 Å². The van der Waals surface area contributed by atoms with Crippen LogP contribution in [0.15, 0.2) is 152 Å². The Kier molecular flexibility index (Phi) is 4.90. The molecule has 0 radical (unpaired) electrons. The number of hydrogen-bond donors (Lipinski definition) is 0. The summed E-state index contributed by atoms with van der Waals surface area (Å²) in [5.41, 5.74) is 8.21. The zero-order chi connectivity index (χ0) is 27.6. The molecule has 42 heavy (non-hydrogen) atoms. The van der Waals surface area contributed by atoms with Crippen LogP contribution in [0.1, 0.15) is 0 Å². The Labute approximate surface area is 242 Å². The van der Waals surface area contributed by atoms with Gasteiger partial charge in [-0.3, -0.25) is 4.57 Å². The number of para-hydroxylation sites is 3. The van der Waals surface area contributed by atoms with Crippen LogP contribution in [0.4, 0.5) is 0 Å². The second-order valence-corrected chi connectivity index (χ2v) is 10.8. The normalized spacial score (nSPS) is 11.8. The van der Waals surface area contributed by atoms with E-state index < -0.39 is 0 Å². The van der Waals surface area contributed by atoms with Crippen LogP contribution in [-0.2, 0) is 0 Å². The van der Waals surface area contributed by atoms with E-state index >= 15 is 0 Å². The lowest BCUT2D eigenvalue weighted by Gasteiger charge is -2.10. The second-order valence-electron chi connectivity index (χ2n) is 10.8. The van der Waals surface area contributed by atoms with Crippen molar-refractivity contribution < 1.29 is 0 Å². The minimum Gasteiger partial charge on any atom is -0.309 e. The molecule has 9 rings (SSSR count). The highest BCUT2D eigenvalue weighted by molar-refractivity contribution is 6.29. The molecule has 0 spiro atoms. The van der Waals surface area contributed by atoms with Crippen molar-refractivity contribution in [2.24, 2.45) is 0 Å². The molecule has 3 aromatic heterocycles. The molecular weight excluding hydrogens is 510 g/mol. The Balaban J connectivity index is 1.35. The highest BCUT2D eigenvalue weighted by Crippen LogP contribution is 2.42. The quantitative estimate of drug-likeness (QED) is 0.221. The Bertz CT molecular complexity index is 2430. The summed E-state index contributed by atoms with van der Waals surface area (Å²) < 4.78 is 4.69. The first-order chi connectivity index (χ1) is 20.9. The van der Waals surface area contributed by atoms with Gasteiger partial charge in [0.2, 0.25) is 0 Å². The van der Waals surface area contributed by atoms with Crippen LogP contribution in [-0.4, -0.2) is 14.1 Å². The van der Waals surface area contributed by atoms with Crippen LogP contribution in [0.25, 0.3) is 77.0 Å². The summed E-state index contributed by atoms with van der Waals surface area (Å²) in [7, 11) is 0. The van der Waals surface area contributed by atoms with Crippen LogP contribution in [0.5, 0.6) is 0 Å². The molecule has 3 heterocycles. The monoisotopic (exact) mass is 535 g/mol. The molecule has 9 aromatic rings. The number of fused-ring (bicyclic) bond motifs is 9. The van der Waals surface area contributed by atoms with Crippen LogP contribution in [0.3, 0.4) is 0 Å². The Morgan fingerprint density at radius 2 is 0.905 bits per heavy atom. The Morgan fingerprint density at radius 1 is 0.357 bits per heavy atom. The molecule has 0 bridgehead atoms. The lowest BCUT2D eigenvalue weighted by atomic mass is 9.99. The Hall–Kier alpha value is -5.67. The molecule has 0 aliphatic heterocycles. The first-order valence-corrected chi connectivity index (χ1v) is 14.3. The molecule has 0 fully saturated rings. The number of aromatic nitrogens is 3. The van der Waals surface area contributed by atoms with Crippen LogP contribution in [0.2, 0.25) is 0 Å². The minimum atomic E-state index is 0.919. The molecule has 0 aliphatic rings. The molecule has 0 aliphatic carbocycles. The van der Waals surface area contributed by atoms with Crippen molar-refractivity contribution >= 4 is 54.4 Å². The van der Waals surface area contributed by atoms with E-state index in [1.807, 2.05) is 12.3 Å². The molecule has 3 heteroatoms. The lowest BCUT2D eigenvalue weighted by molar-refractivity contribution is 1.08. The summed E-state index contributed by atoms with van der Waals surface area (Å²) in [6.07, 6.45) is 1.98. The van der Waals surface area contributed by atoms with Gasteiger partial charge in [-0.2, -0.15) is 0 Å². The largest absolute Gasteiger partial charge is 0.309 e. The average molecular weight is 536 g/mol. The summed E-state index contributed by atoms with van der Waals surface area (Å²) in [5, 5.41) is 7.57. The summed E-state index contributed by atoms with van der Waals surface area (Å²) in [4.78, 5) is 4.97.